The van der Waals surface area contributed by atoms with E-state index in [9.17, 15) is 14.4 Å². The number of hydrogen-bond acceptors (Lipinski definition) is 6. The minimum atomic E-state index is -0.463. The fourth-order valence-corrected chi connectivity index (χ4v) is 4.31. The number of thiophene rings is 1. The van der Waals surface area contributed by atoms with Crippen molar-refractivity contribution in [2.24, 2.45) is 5.92 Å². The van der Waals surface area contributed by atoms with Gasteiger partial charge in [-0.15, -0.1) is 11.3 Å². The first-order chi connectivity index (χ1) is 16.1. The molecular weight excluding hydrogens is 440 g/mol. The molecule has 0 bridgehead atoms. The zero-order valence-electron chi connectivity index (χ0n) is 17.9. The molecule has 8 heteroatoms. The van der Waals surface area contributed by atoms with Gasteiger partial charge in [-0.05, 0) is 48.6 Å². The summed E-state index contributed by atoms with van der Waals surface area (Å²) in [6.45, 7) is 0.524. The van der Waals surface area contributed by atoms with Crippen LogP contribution >= 0.6 is 11.3 Å². The predicted octanol–water partition coefficient (Wildman–Crippen LogP) is 4.57. The molecule has 1 unspecified atom stereocenters. The van der Waals surface area contributed by atoms with Crippen LogP contribution in [0.25, 0.3) is 0 Å². The molecule has 33 heavy (non-hydrogen) atoms. The molecule has 1 aliphatic rings. The number of likely N-dealkylation sites (tertiary alicyclic amines) is 1. The van der Waals surface area contributed by atoms with Crippen molar-refractivity contribution < 1.29 is 23.9 Å². The van der Waals surface area contributed by atoms with Crippen LogP contribution < -0.4 is 10.1 Å². The average Bonchev–Trinajstić information content (AvgIpc) is 3.38. The number of piperidine rings is 1. The number of hydrogen-bond donors (Lipinski definition) is 1. The number of rotatable bonds is 7. The highest BCUT2D eigenvalue weighted by Gasteiger charge is 2.30. The number of benzene rings is 2. The first kappa shape index (κ1) is 22.5. The first-order valence-corrected chi connectivity index (χ1v) is 11.6. The van der Waals surface area contributed by atoms with Crippen molar-refractivity contribution in [1.29, 1.82) is 0 Å². The number of anilines is 1. The topological polar surface area (TPSA) is 84.9 Å². The zero-order chi connectivity index (χ0) is 23.0. The maximum Gasteiger partial charge on any atom is 0.311 e. The van der Waals surface area contributed by atoms with Crippen molar-refractivity contribution in [2.45, 2.75) is 12.8 Å². The van der Waals surface area contributed by atoms with Gasteiger partial charge in [0.1, 0.15) is 11.5 Å². The molecule has 1 N–H and O–H groups in total. The molecule has 1 saturated heterocycles. The van der Waals surface area contributed by atoms with Crippen LogP contribution in [-0.4, -0.2) is 42.4 Å². The normalized spacial score (nSPS) is 15.5. The molecule has 1 fully saturated rings. The molecule has 1 atom stereocenters. The third kappa shape index (κ3) is 6.20. The van der Waals surface area contributed by atoms with E-state index in [1.165, 1.54) is 11.3 Å². The average molecular weight is 465 g/mol. The van der Waals surface area contributed by atoms with E-state index in [0.29, 0.717) is 41.6 Å². The first-order valence-electron chi connectivity index (χ1n) is 10.7. The van der Waals surface area contributed by atoms with Crippen LogP contribution in [0.1, 0.15) is 22.5 Å². The number of carbonyl (C=O) groups is 3. The SMILES string of the molecule is O=C(COC(=O)C1CCCN(C(=O)c2cccs2)C1)Nc1cccc(Oc2ccccc2)c1. The van der Waals surface area contributed by atoms with E-state index in [-0.39, 0.29) is 5.91 Å². The van der Waals surface area contributed by atoms with Gasteiger partial charge in [0.2, 0.25) is 0 Å². The number of nitrogens with one attached hydrogen (secondary N) is 1. The van der Waals surface area contributed by atoms with Crippen molar-refractivity contribution >= 4 is 34.8 Å². The molecule has 1 aromatic heterocycles. The Kier molecular flexibility index (Phi) is 7.36. The third-order valence-corrected chi connectivity index (χ3v) is 6.07. The summed E-state index contributed by atoms with van der Waals surface area (Å²) in [6.07, 6.45) is 1.35. The van der Waals surface area contributed by atoms with Gasteiger partial charge in [-0.2, -0.15) is 0 Å². The van der Waals surface area contributed by atoms with E-state index in [1.807, 2.05) is 41.8 Å². The number of para-hydroxylation sites is 1. The van der Waals surface area contributed by atoms with E-state index in [1.54, 1.807) is 35.2 Å². The molecule has 3 aromatic rings. The molecule has 1 aliphatic heterocycles. The van der Waals surface area contributed by atoms with Gasteiger partial charge in [-0.25, -0.2) is 0 Å². The summed E-state index contributed by atoms with van der Waals surface area (Å²) >= 11 is 1.38. The van der Waals surface area contributed by atoms with Crippen molar-refractivity contribution in [2.75, 3.05) is 25.0 Å². The lowest BCUT2D eigenvalue weighted by atomic mass is 9.98. The summed E-state index contributed by atoms with van der Waals surface area (Å²) in [7, 11) is 0. The Morgan fingerprint density at radius 3 is 2.61 bits per heavy atom. The van der Waals surface area contributed by atoms with Gasteiger partial charge in [-0.3, -0.25) is 14.4 Å². The standard InChI is InChI=1S/C25H24N2O5S/c28-23(26-19-8-4-11-21(15-19)32-20-9-2-1-3-10-20)17-31-25(30)18-7-5-13-27(16-18)24(29)22-12-6-14-33-22/h1-4,6,8-12,14-15,18H,5,7,13,16-17H2,(H,26,28). The van der Waals surface area contributed by atoms with E-state index in [2.05, 4.69) is 5.32 Å². The molecule has 2 aromatic carbocycles. The van der Waals surface area contributed by atoms with Gasteiger partial charge in [0, 0.05) is 24.8 Å². The number of ether oxygens (including phenoxy) is 2. The second kappa shape index (κ2) is 10.8. The highest BCUT2D eigenvalue weighted by molar-refractivity contribution is 7.12. The molecule has 4 rings (SSSR count). The van der Waals surface area contributed by atoms with Gasteiger partial charge in [0.25, 0.3) is 11.8 Å². The van der Waals surface area contributed by atoms with Crippen LogP contribution in [0, 0.1) is 5.92 Å². The maximum absolute atomic E-state index is 12.6. The lowest BCUT2D eigenvalue weighted by Gasteiger charge is -2.31. The smallest absolute Gasteiger partial charge is 0.311 e. The van der Waals surface area contributed by atoms with E-state index < -0.39 is 24.4 Å². The lowest BCUT2D eigenvalue weighted by Crippen LogP contribution is -2.43. The van der Waals surface area contributed by atoms with Gasteiger partial charge in [-0.1, -0.05) is 30.3 Å². The molecule has 0 radical (unpaired) electrons. The van der Waals surface area contributed by atoms with E-state index >= 15 is 0 Å². The summed E-state index contributed by atoms with van der Waals surface area (Å²) in [5.74, 6) is -0.142. The van der Waals surface area contributed by atoms with Crippen molar-refractivity contribution in [3.63, 3.8) is 0 Å². The fraction of sp³-hybridized carbons (Fsp3) is 0.240. The fourth-order valence-electron chi connectivity index (χ4n) is 3.62. The van der Waals surface area contributed by atoms with Crippen molar-refractivity contribution in [1.82, 2.24) is 4.90 Å². The van der Waals surface area contributed by atoms with Crippen molar-refractivity contribution in [3.8, 4) is 11.5 Å². The summed E-state index contributed by atoms with van der Waals surface area (Å²) in [5, 5.41) is 4.56. The molecule has 0 saturated carbocycles. The quantitative estimate of drug-likeness (QED) is 0.518. The Bertz CT molecular complexity index is 1100. The molecule has 2 heterocycles. The molecular formula is C25H24N2O5S. The molecule has 170 valence electrons. The summed E-state index contributed by atoms with van der Waals surface area (Å²) in [5.41, 5.74) is 0.537. The largest absolute Gasteiger partial charge is 0.457 e. The zero-order valence-corrected chi connectivity index (χ0v) is 18.8. The lowest BCUT2D eigenvalue weighted by molar-refractivity contribution is -0.152. The summed E-state index contributed by atoms with van der Waals surface area (Å²) < 4.78 is 11.0. The third-order valence-electron chi connectivity index (χ3n) is 5.22. The van der Waals surface area contributed by atoms with Crippen LogP contribution in [0.5, 0.6) is 11.5 Å². The van der Waals surface area contributed by atoms with Gasteiger partial charge in [0.05, 0.1) is 10.8 Å². The highest BCUT2D eigenvalue weighted by Crippen LogP contribution is 2.24. The second-order valence-corrected chi connectivity index (χ2v) is 8.61. The molecule has 0 aliphatic carbocycles. The van der Waals surface area contributed by atoms with E-state index in [4.69, 9.17) is 9.47 Å². The Balaban J connectivity index is 1.26. The molecule has 7 nitrogen and oxygen atoms in total. The van der Waals surface area contributed by atoms with Gasteiger partial charge in [0.15, 0.2) is 6.61 Å². The van der Waals surface area contributed by atoms with Crippen LogP contribution in [-0.2, 0) is 14.3 Å². The Hall–Kier alpha value is -3.65. The Morgan fingerprint density at radius 2 is 1.82 bits per heavy atom. The molecule has 2 amide bonds. The Labute approximate surface area is 195 Å². The van der Waals surface area contributed by atoms with Crippen LogP contribution in [0.3, 0.4) is 0 Å². The number of carbonyl (C=O) groups excluding carboxylic acids is 3. The minimum Gasteiger partial charge on any atom is -0.457 e. The van der Waals surface area contributed by atoms with Crippen LogP contribution in [0.2, 0.25) is 0 Å². The van der Waals surface area contributed by atoms with E-state index in [0.717, 1.165) is 6.42 Å². The second-order valence-electron chi connectivity index (χ2n) is 7.67. The maximum atomic E-state index is 12.6. The Morgan fingerprint density at radius 1 is 1.00 bits per heavy atom. The van der Waals surface area contributed by atoms with Crippen LogP contribution in [0.4, 0.5) is 5.69 Å². The summed E-state index contributed by atoms with van der Waals surface area (Å²) in [6, 6.07) is 19.9. The summed E-state index contributed by atoms with van der Waals surface area (Å²) in [4.78, 5) is 39.7. The van der Waals surface area contributed by atoms with Crippen LogP contribution in [0.15, 0.2) is 72.1 Å². The number of nitrogens with zero attached hydrogens (tertiary/aromatic N) is 1. The number of amides is 2. The number of esters is 1. The van der Waals surface area contributed by atoms with Gasteiger partial charge < -0.3 is 19.7 Å². The minimum absolute atomic E-state index is 0.0714. The van der Waals surface area contributed by atoms with Gasteiger partial charge >= 0.3 is 5.97 Å². The van der Waals surface area contributed by atoms with Crippen molar-refractivity contribution in [3.05, 3.63) is 77.0 Å². The predicted molar refractivity (Wildman–Crippen MR) is 125 cm³/mol. The highest BCUT2D eigenvalue weighted by atomic mass is 32.1. The monoisotopic (exact) mass is 464 g/mol. The molecule has 0 spiro atoms.